The van der Waals surface area contributed by atoms with E-state index in [-0.39, 0.29) is 16.8 Å². The highest BCUT2D eigenvalue weighted by molar-refractivity contribution is 7.89. The summed E-state index contributed by atoms with van der Waals surface area (Å²) >= 11 is 0. The predicted octanol–water partition coefficient (Wildman–Crippen LogP) is 2.61. The summed E-state index contributed by atoms with van der Waals surface area (Å²) in [7, 11) is -0.358. The molecule has 0 atom stereocenters. The largest absolute Gasteiger partial charge is 0.493 e. The Hall–Kier alpha value is -2.58. The number of rotatable bonds is 8. The Morgan fingerprint density at radius 2 is 1.70 bits per heavy atom. The van der Waals surface area contributed by atoms with Gasteiger partial charge >= 0.3 is 0 Å². The fraction of sp³-hybridized carbons (Fsp3) is 0.409. The van der Waals surface area contributed by atoms with E-state index in [1.54, 1.807) is 44.6 Å². The maximum atomic E-state index is 12.6. The van der Waals surface area contributed by atoms with Gasteiger partial charge in [-0.1, -0.05) is 24.3 Å². The number of likely N-dealkylation sites (tertiary alicyclic amines) is 1. The van der Waals surface area contributed by atoms with Crippen molar-refractivity contribution in [1.82, 2.24) is 9.62 Å². The highest BCUT2D eigenvalue weighted by Gasteiger charge is 2.26. The van der Waals surface area contributed by atoms with Gasteiger partial charge in [-0.25, -0.2) is 13.1 Å². The first-order valence-corrected chi connectivity index (χ1v) is 11.5. The fourth-order valence-corrected chi connectivity index (χ4v) is 4.91. The van der Waals surface area contributed by atoms with Crippen LogP contribution in [0, 0.1) is 0 Å². The fourth-order valence-electron chi connectivity index (χ4n) is 3.58. The van der Waals surface area contributed by atoms with Crippen LogP contribution in [0.25, 0.3) is 0 Å². The number of nitrogens with one attached hydrogen (secondary N) is 1. The molecule has 0 saturated carbocycles. The number of ether oxygens (including phenoxy) is 2. The molecule has 2 aromatic rings. The van der Waals surface area contributed by atoms with Gasteiger partial charge in [0.15, 0.2) is 11.5 Å². The van der Waals surface area contributed by atoms with Gasteiger partial charge in [-0.2, -0.15) is 0 Å². The molecule has 3 rings (SSSR count). The molecule has 1 saturated heterocycles. The average Bonchev–Trinajstić information content (AvgIpc) is 2.78. The lowest BCUT2D eigenvalue weighted by molar-refractivity contribution is -0.132. The smallest absolute Gasteiger partial charge is 0.240 e. The standard InChI is InChI=1S/C22H28N2O5S/c1-28-20-10-8-17(16-21(20)29-2)9-11-22(25)24-14-12-18(13-15-24)23-30(26,27)19-6-4-3-5-7-19/h3-8,10,16,18,23H,9,11-15H2,1-2H3. The van der Waals surface area contributed by atoms with Crippen LogP contribution in [0.5, 0.6) is 11.5 Å². The first-order chi connectivity index (χ1) is 14.4. The number of hydrogen-bond acceptors (Lipinski definition) is 5. The number of nitrogens with zero attached hydrogens (tertiary/aromatic N) is 1. The third kappa shape index (κ3) is 5.52. The van der Waals surface area contributed by atoms with E-state index in [0.717, 1.165) is 5.56 Å². The van der Waals surface area contributed by atoms with E-state index >= 15 is 0 Å². The second kappa shape index (κ2) is 9.95. The summed E-state index contributed by atoms with van der Waals surface area (Å²) < 4.78 is 38.2. The van der Waals surface area contributed by atoms with Crippen molar-refractivity contribution in [1.29, 1.82) is 0 Å². The molecule has 1 heterocycles. The normalized spacial score (nSPS) is 15.1. The van der Waals surface area contributed by atoms with Crippen molar-refractivity contribution in [2.45, 2.75) is 36.6 Å². The number of sulfonamides is 1. The zero-order valence-corrected chi connectivity index (χ0v) is 18.2. The van der Waals surface area contributed by atoms with Crippen molar-refractivity contribution in [3.8, 4) is 11.5 Å². The molecule has 1 fully saturated rings. The molecule has 0 radical (unpaired) electrons. The molecule has 0 spiro atoms. The van der Waals surface area contributed by atoms with Crippen molar-refractivity contribution in [2.24, 2.45) is 0 Å². The van der Waals surface area contributed by atoms with Crippen LogP contribution in [0.1, 0.15) is 24.8 Å². The Bertz CT molecular complexity index is 955. The molecule has 1 aliphatic rings. The highest BCUT2D eigenvalue weighted by atomic mass is 32.2. The summed E-state index contributed by atoms with van der Waals surface area (Å²) in [5.41, 5.74) is 1.01. The minimum Gasteiger partial charge on any atom is -0.493 e. The van der Waals surface area contributed by atoms with E-state index < -0.39 is 10.0 Å². The average molecular weight is 433 g/mol. The number of carbonyl (C=O) groups is 1. The van der Waals surface area contributed by atoms with E-state index in [1.165, 1.54) is 0 Å². The van der Waals surface area contributed by atoms with Crippen molar-refractivity contribution < 1.29 is 22.7 Å². The topological polar surface area (TPSA) is 84.9 Å². The SMILES string of the molecule is COc1ccc(CCC(=O)N2CCC(NS(=O)(=O)c3ccccc3)CC2)cc1OC. The Kier molecular flexibility index (Phi) is 7.33. The van der Waals surface area contributed by atoms with E-state index in [4.69, 9.17) is 9.47 Å². The van der Waals surface area contributed by atoms with Gasteiger partial charge < -0.3 is 14.4 Å². The molecule has 1 aliphatic heterocycles. The van der Waals surface area contributed by atoms with Gasteiger partial charge in [0.2, 0.25) is 15.9 Å². The number of benzene rings is 2. The molecule has 0 bridgehead atoms. The number of amides is 1. The van der Waals surface area contributed by atoms with Gasteiger partial charge in [-0.05, 0) is 49.1 Å². The monoisotopic (exact) mass is 432 g/mol. The minimum absolute atomic E-state index is 0.0779. The van der Waals surface area contributed by atoms with Crippen molar-refractivity contribution in [2.75, 3.05) is 27.3 Å². The van der Waals surface area contributed by atoms with E-state index in [2.05, 4.69) is 4.72 Å². The first-order valence-electron chi connectivity index (χ1n) is 9.99. The van der Waals surface area contributed by atoms with Crippen molar-refractivity contribution in [3.63, 3.8) is 0 Å². The van der Waals surface area contributed by atoms with Crippen molar-refractivity contribution >= 4 is 15.9 Å². The van der Waals surface area contributed by atoms with Crippen LogP contribution in [-0.4, -0.2) is 52.6 Å². The minimum atomic E-state index is -3.53. The number of aryl methyl sites for hydroxylation is 1. The lowest BCUT2D eigenvalue weighted by atomic mass is 10.0. The van der Waals surface area contributed by atoms with E-state index in [9.17, 15) is 13.2 Å². The zero-order valence-electron chi connectivity index (χ0n) is 17.3. The van der Waals surface area contributed by atoms with Crippen molar-refractivity contribution in [3.05, 3.63) is 54.1 Å². The summed E-state index contributed by atoms with van der Waals surface area (Å²) in [5, 5.41) is 0. The Morgan fingerprint density at radius 1 is 1.03 bits per heavy atom. The zero-order chi connectivity index (χ0) is 21.6. The summed E-state index contributed by atoms with van der Waals surface area (Å²) in [4.78, 5) is 14.7. The summed E-state index contributed by atoms with van der Waals surface area (Å²) in [6.07, 6.45) is 2.22. The quantitative estimate of drug-likeness (QED) is 0.693. The number of piperidine rings is 1. The third-order valence-corrected chi connectivity index (χ3v) is 6.83. The Morgan fingerprint density at radius 3 is 2.33 bits per heavy atom. The van der Waals surface area contributed by atoms with Crippen LogP contribution in [0.4, 0.5) is 0 Å². The second-order valence-corrected chi connectivity index (χ2v) is 8.99. The van der Waals surface area contributed by atoms with Gasteiger partial charge in [-0.3, -0.25) is 4.79 Å². The molecule has 1 amide bonds. The molecule has 7 nitrogen and oxygen atoms in total. The van der Waals surface area contributed by atoms with Gasteiger partial charge in [0.05, 0.1) is 19.1 Å². The predicted molar refractivity (Wildman–Crippen MR) is 114 cm³/mol. The molecule has 1 N–H and O–H groups in total. The van der Waals surface area contributed by atoms with Gasteiger partial charge in [0.1, 0.15) is 0 Å². The molecule has 2 aromatic carbocycles. The van der Waals surface area contributed by atoms with Crippen LogP contribution in [0.15, 0.2) is 53.4 Å². The van der Waals surface area contributed by atoms with Gasteiger partial charge in [0, 0.05) is 25.6 Å². The van der Waals surface area contributed by atoms with Gasteiger partial charge in [0.25, 0.3) is 0 Å². The molecular weight excluding hydrogens is 404 g/mol. The first kappa shape index (κ1) is 22.1. The molecule has 0 aromatic heterocycles. The summed E-state index contributed by atoms with van der Waals surface area (Å²) in [6.45, 7) is 1.10. The van der Waals surface area contributed by atoms with Crippen LogP contribution in [0.3, 0.4) is 0 Å². The molecular formula is C22H28N2O5S. The lowest BCUT2D eigenvalue weighted by Gasteiger charge is -2.32. The Labute approximate surface area is 178 Å². The molecule has 30 heavy (non-hydrogen) atoms. The second-order valence-electron chi connectivity index (χ2n) is 7.28. The molecule has 0 aliphatic carbocycles. The Balaban J connectivity index is 1.48. The number of carbonyl (C=O) groups excluding carboxylic acids is 1. The van der Waals surface area contributed by atoms with Gasteiger partial charge in [-0.15, -0.1) is 0 Å². The van der Waals surface area contributed by atoms with Crippen LogP contribution < -0.4 is 14.2 Å². The number of hydrogen-bond donors (Lipinski definition) is 1. The maximum Gasteiger partial charge on any atom is 0.240 e. The van der Waals surface area contributed by atoms with Crippen LogP contribution in [0.2, 0.25) is 0 Å². The number of methoxy groups -OCH3 is 2. The maximum absolute atomic E-state index is 12.6. The summed E-state index contributed by atoms with van der Waals surface area (Å²) in [5.74, 6) is 1.38. The van der Waals surface area contributed by atoms with Crippen LogP contribution >= 0.6 is 0 Å². The molecule has 8 heteroatoms. The van der Waals surface area contributed by atoms with E-state index in [0.29, 0.717) is 50.3 Å². The van der Waals surface area contributed by atoms with E-state index in [1.807, 2.05) is 23.1 Å². The molecule has 0 unspecified atom stereocenters. The third-order valence-electron chi connectivity index (χ3n) is 5.30. The van der Waals surface area contributed by atoms with Crippen LogP contribution in [-0.2, 0) is 21.2 Å². The highest BCUT2D eigenvalue weighted by Crippen LogP contribution is 2.28. The lowest BCUT2D eigenvalue weighted by Crippen LogP contribution is -2.46. The summed E-state index contributed by atoms with van der Waals surface area (Å²) in [6, 6.07) is 13.8. The molecule has 162 valence electrons.